The molecule has 2 aromatic rings. The van der Waals surface area contributed by atoms with E-state index in [4.69, 9.17) is 37.4 Å². The Morgan fingerprint density at radius 1 is 1.04 bits per heavy atom. The highest BCUT2D eigenvalue weighted by Crippen LogP contribution is 2.32. The van der Waals surface area contributed by atoms with Crippen LogP contribution in [0.25, 0.3) is 0 Å². The minimum absolute atomic E-state index is 0.0212. The summed E-state index contributed by atoms with van der Waals surface area (Å²) in [7, 11) is 1.49. The van der Waals surface area contributed by atoms with Gasteiger partial charge in [0.25, 0.3) is 0 Å². The number of ether oxygens (including phenoxy) is 3. The SMILES string of the molecule is COc1ccc(C[C@H]2NC(=O)/C=C/C[C@@H]([C@H](C)[C@@H](O)[C@@H](Cl)c3ccccc3)OC(=O)[C@H](CC(C)(C)C)OC(=O)[C@H](C)CNC2=O)cc1Cl. The molecule has 0 spiro atoms. The van der Waals surface area contributed by atoms with Gasteiger partial charge in [-0.25, -0.2) is 4.79 Å². The number of hydrogen-bond acceptors (Lipinski definition) is 8. The van der Waals surface area contributed by atoms with E-state index in [0.29, 0.717) is 21.9 Å². The van der Waals surface area contributed by atoms with Crippen LogP contribution in [0.15, 0.2) is 60.7 Å². The van der Waals surface area contributed by atoms with Crippen molar-refractivity contribution < 1.29 is 38.5 Å². The molecular formula is C36H46Cl2N2O8. The lowest BCUT2D eigenvalue weighted by atomic mass is 9.88. The van der Waals surface area contributed by atoms with Crippen molar-refractivity contribution in [1.82, 2.24) is 10.6 Å². The molecular weight excluding hydrogens is 659 g/mol. The molecule has 3 rings (SSSR count). The van der Waals surface area contributed by atoms with Crippen molar-refractivity contribution in [2.75, 3.05) is 13.7 Å². The highest BCUT2D eigenvalue weighted by molar-refractivity contribution is 6.32. The van der Waals surface area contributed by atoms with Crippen molar-refractivity contribution in [1.29, 1.82) is 0 Å². The second kappa shape index (κ2) is 17.7. The topological polar surface area (TPSA) is 140 Å². The summed E-state index contributed by atoms with van der Waals surface area (Å²) >= 11 is 13.0. The fraction of sp³-hybridized carbons (Fsp3) is 0.500. The van der Waals surface area contributed by atoms with Gasteiger partial charge in [-0.05, 0) is 34.8 Å². The molecule has 0 aromatic heterocycles. The number of nitrogens with one attached hydrogen (secondary N) is 2. The van der Waals surface area contributed by atoms with Crippen LogP contribution in [0, 0.1) is 17.3 Å². The van der Waals surface area contributed by atoms with Gasteiger partial charge in [0.15, 0.2) is 6.10 Å². The Morgan fingerprint density at radius 2 is 1.73 bits per heavy atom. The minimum atomic E-state index is -1.25. The van der Waals surface area contributed by atoms with Crippen molar-refractivity contribution in [2.24, 2.45) is 17.3 Å². The van der Waals surface area contributed by atoms with Gasteiger partial charge >= 0.3 is 11.9 Å². The molecule has 1 aliphatic rings. The van der Waals surface area contributed by atoms with E-state index in [1.54, 1.807) is 56.3 Å². The maximum Gasteiger partial charge on any atom is 0.347 e. The summed E-state index contributed by atoms with van der Waals surface area (Å²) in [6.45, 7) is 8.85. The van der Waals surface area contributed by atoms with Crippen molar-refractivity contribution in [3.8, 4) is 5.75 Å². The van der Waals surface area contributed by atoms with E-state index in [-0.39, 0.29) is 25.8 Å². The number of methoxy groups -OCH3 is 1. The van der Waals surface area contributed by atoms with E-state index in [0.717, 1.165) is 0 Å². The van der Waals surface area contributed by atoms with Gasteiger partial charge < -0.3 is 30.0 Å². The van der Waals surface area contributed by atoms with Gasteiger partial charge in [-0.3, -0.25) is 14.4 Å². The lowest BCUT2D eigenvalue weighted by molar-refractivity contribution is -0.178. The zero-order valence-electron chi connectivity index (χ0n) is 28.2. The Bertz CT molecular complexity index is 1450. The van der Waals surface area contributed by atoms with Gasteiger partial charge in [-0.15, -0.1) is 11.6 Å². The molecule has 0 aliphatic carbocycles. The maximum atomic E-state index is 13.6. The summed E-state index contributed by atoms with van der Waals surface area (Å²) < 4.78 is 16.8. The van der Waals surface area contributed by atoms with E-state index < -0.39 is 70.7 Å². The Hall–Kier alpha value is -3.60. The molecule has 0 unspecified atom stereocenters. The second-order valence-corrected chi connectivity index (χ2v) is 14.2. The molecule has 0 radical (unpaired) electrons. The molecule has 1 aliphatic heterocycles. The molecule has 0 bridgehead atoms. The van der Waals surface area contributed by atoms with Crippen molar-refractivity contribution in [2.45, 2.75) is 83.6 Å². The van der Waals surface area contributed by atoms with Crippen molar-refractivity contribution in [3.05, 3.63) is 76.8 Å². The number of aliphatic hydroxyl groups excluding tert-OH is 1. The average Bonchev–Trinajstić information content (AvgIpc) is 3.04. The molecule has 0 fully saturated rings. The number of carbonyl (C=O) groups is 4. The zero-order chi connectivity index (χ0) is 35.6. The van der Waals surface area contributed by atoms with E-state index in [9.17, 15) is 24.3 Å². The molecule has 1 heterocycles. The quantitative estimate of drug-likeness (QED) is 0.248. The standard InChI is InChI=1S/C36H46Cl2N2O8/c1-21-20-39-33(43)26(18-23-15-16-28(46-6)25(37)17-23)40-30(41)14-10-13-27(22(2)32(42)31(38)24-11-8-7-9-12-24)47-35(45)29(48-34(21)44)19-36(3,4)5/h7-12,14-17,21-22,26-27,29,31-32,42H,13,18-20H2,1-6H3,(H,39,43)(H,40,41)/b14-10+/t21-,22+,26-,27+,29+,31+,32-/m1/s1. The number of aliphatic hydroxyl groups is 1. The third-order valence-corrected chi connectivity index (χ3v) is 8.85. The largest absolute Gasteiger partial charge is 0.495 e. The number of esters is 2. The van der Waals surface area contributed by atoms with Crippen LogP contribution in [0.1, 0.15) is 64.0 Å². The third kappa shape index (κ3) is 11.5. The van der Waals surface area contributed by atoms with Crippen LogP contribution in [0.2, 0.25) is 5.02 Å². The Labute approximate surface area is 292 Å². The number of hydrogen-bond donors (Lipinski definition) is 3. The van der Waals surface area contributed by atoms with E-state index in [2.05, 4.69) is 10.6 Å². The fourth-order valence-electron chi connectivity index (χ4n) is 5.17. The van der Waals surface area contributed by atoms with Crippen molar-refractivity contribution in [3.63, 3.8) is 0 Å². The molecule has 48 heavy (non-hydrogen) atoms. The summed E-state index contributed by atoms with van der Waals surface area (Å²) in [4.78, 5) is 53.3. The molecule has 7 atom stereocenters. The van der Waals surface area contributed by atoms with Gasteiger partial charge in [0.2, 0.25) is 11.8 Å². The monoisotopic (exact) mass is 704 g/mol. The summed E-state index contributed by atoms with van der Waals surface area (Å²) in [5.74, 6) is -3.65. The van der Waals surface area contributed by atoms with Crippen molar-refractivity contribution >= 4 is 47.0 Å². The molecule has 0 saturated carbocycles. The predicted octanol–water partition coefficient (Wildman–Crippen LogP) is 5.33. The smallest absolute Gasteiger partial charge is 0.347 e. The maximum absolute atomic E-state index is 13.6. The van der Waals surface area contributed by atoms with Gasteiger partial charge in [0.05, 0.1) is 29.5 Å². The first kappa shape index (κ1) is 38.8. The number of cyclic esters (lactones) is 2. The fourth-order valence-corrected chi connectivity index (χ4v) is 5.83. The lowest BCUT2D eigenvalue weighted by Gasteiger charge is -2.32. The Kier molecular flexibility index (Phi) is 14.3. The van der Waals surface area contributed by atoms with Gasteiger partial charge in [-0.2, -0.15) is 0 Å². The number of rotatable bonds is 8. The Balaban J connectivity index is 1.94. The van der Waals surface area contributed by atoms with Crippen LogP contribution in [-0.2, 0) is 35.1 Å². The first-order chi connectivity index (χ1) is 22.6. The van der Waals surface area contributed by atoms with Crippen LogP contribution in [0.3, 0.4) is 0 Å². The summed E-state index contributed by atoms with van der Waals surface area (Å²) in [6, 6.07) is 13.0. The Morgan fingerprint density at radius 3 is 2.35 bits per heavy atom. The van der Waals surface area contributed by atoms with E-state index >= 15 is 0 Å². The number of alkyl halides is 1. The first-order valence-corrected chi connectivity index (χ1v) is 16.8. The minimum Gasteiger partial charge on any atom is -0.495 e. The molecule has 12 heteroatoms. The number of amides is 2. The summed E-state index contributed by atoms with van der Waals surface area (Å²) in [5, 5.41) is 16.2. The number of carbonyl (C=O) groups excluding carboxylic acids is 4. The van der Waals surface area contributed by atoms with Gasteiger partial charge in [0, 0.05) is 31.7 Å². The van der Waals surface area contributed by atoms with Crippen LogP contribution >= 0.6 is 23.2 Å². The molecule has 2 amide bonds. The highest BCUT2D eigenvalue weighted by atomic mass is 35.5. The molecule has 2 aromatic carbocycles. The summed E-state index contributed by atoms with van der Waals surface area (Å²) in [5.41, 5.74) is 0.928. The average molecular weight is 706 g/mol. The highest BCUT2D eigenvalue weighted by Gasteiger charge is 2.37. The molecule has 262 valence electrons. The predicted molar refractivity (Wildman–Crippen MR) is 184 cm³/mol. The van der Waals surface area contributed by atoms with Crippen LogP contribution in [0.5, 0.6) is 5.75 Å². The van der Waals surface area contributed by atoms with E-state index in [1.807, 2.05) is 26.8 Å². The van der Waals surface area contributed by atoms with Gasteiger partial charge in [-0.1, -0.05) is 88.7 Å². The van der Waals surface area contributed by atoms with E-state index in [1.165, 1.54) is 19.3 Å². The third-order valence-electron chi connectivity index (χ3n) is 8.04. The molecule has 10 nitrogen and oxygen atoms in total. The molecule has 3 N–H and O–H groups in total. The number of halogens is 2. The first-order valence-electron chi connectivity index (χ1n) is 15.9. The normalized spacial score (nSPS) is 24.3. The molecule has 0 saturated heterocycles. The zero-order valence-corrected chi connectivity index (χ0v) is 29.7. The van der Waals surface area contributed by atoms with Crippen LogP contribution < -0.4 is 15.4 Å². The second-order valence-electron chi connectivity index (χ2n) is 13.3. The van der Waals surface area contributed by atoms with Crippen LogP contribution in [-0.4, -0.2) is 66.9 Å². The lowest BCUT2D eigenvalue weighted by Crippen LogP contribution is -2.49. The summed E-state index contributed by atoms with van der Waals surface area (Å²) in [6.07, 6.45) is -0.322. The number of benzene rings is 2. The van der Waals surface area contributed by atoms with Gasteiger partial charge in [0.1, 0.15) is 17.9 Å². The van der Waals surface area contributed by atoms with Crippen LogP contribution in [0.4, 0.5) is 0 Å².